The van der Waals surface area contributed by atoms with Crippen LogP contribution in [0.4, 0.5) is 0 Å². The Morgan fingerprint density at radius 3 is 1.75 bits per heavy atom. The number of ketones is 1. The van der Waals surface area contributed by atoms with Gasteiger partial charge in [-0.1, -0.05) is 0 Å². The van der Waals surface area contributed by atoms with Crippen molar-refractivity contribution in [1.82, 2.24) is 0 Å². The van der Waals surface area contributed by atoms with E-state index in [4.69, 9.17) is 0 Å². The first-order valence-corrected chi connectivity index (χ1v) is 1.96. The molecule has 0 aliphatic heterocycles. The Morgan fingerprint density at radius 1 is 1.62 bits per heavy atom. The van der Waals surface area contributed by atoms with Crippen LogP contribution in [0.15, 0.2) is 12.7 Å². The predicted octanol–water partition coefficient (Wildman–Crippen LogP) is 1.41. The van der Waals surface area contributed by atoms with Gasteiger partial charge in [-0.25, -0.2) is 0 Å². The van der Waals surface area contributed by atoms with Gasteiger partial charge in [0.1, 0.15) is 0 Å². The molecule has 1 radical (unpaired) electrons. The fourth-order valence-electron chi connectivity index (χ4n) is 0. The molecule has 1 nitrogen and oxygen atoms in total. The van der Waals surface area contributed by atoms with Gasteiger partial charge >= 0.3 is 0 Å². The molecule has 45 valence electrons. The summed E-state index contributed by atoms with van der Waals surface area (Å²) in [5, 5.41) is 0. The van der Waals surface area contributed by atoms with E-state index in [1.165, 1.54) is 6.08 Å². The summed E-state index contributed by atoms with van der Waals surface area (Å²) in [5.41, 5.74) is 0. The molecule has 0 bridgehead atoms. The van der Waals surface area contributed by atoms with E-state index in [0.29, 0.717) is 0 Å². The molecule has 0 amide bonds. The van der Waals surface area contributed by atoms with Crippen molar-refractivity contribution in [1.29, 1.82) is 0 Å². The number of hydrogen-bond acceptors (Lipinski definition) is 1. The Bertz CT molecular complexity index is 59.5. The van der Waals surface area contributed by atoms with Crippen molar-refractivity contribution in [3.05, 3.63) is 26.5 Å². The summed E-state index contributed by atoms with van der Waals surface area (Å²) in [7, 11) is 0. The minimum atomic E-state index is -0.231. The van der Waals surface area contributed by atoms with Crippen LogP contribution in [0, 0.1) is 13.8 Å². The van der Waals surface area contributed by atoms with E-state index in [1.54, 1.807) is 6.92 Å². The molecule has 0 unspecified atom stereocenters. The van der Waals surface area contributed by atoms with E-state index in [1.807, 2.05) is 0 Å². The average Bonchev–Trinajstić information content (AvgIpc) is 1.73. The topological polar surface area (TPSA) is 17.1 Å². The summed E-state index contributed by atoms with van der Waals surface area (Å²) in [6, 6.07) is 0. The van der Waals surface area contributed by atoms with Crippen LogP contribution in [0.5, 0.6) is 0 Å². The second-order valence-corrected chi connectivity index (χ2v) is 0.670. The maximum Gasteiger partial charge on any atom is 0.0142 e. The Hall–Kier alpha value is 0.384. The maximum absolute atomic E-state index is 9.58. The molecule has 0 rings (SSSR count). The minimum absolute atomic E-state index is 0. The average molecular weight is 187 g/mol. The van der Waals surface area contributed by atoms with Crippen LogP contribution in [0.3, 0.4) is 0 Å². The first-order chi connectivity index (χ1) is 3.27. The Kier molecular flexibility index (Phi) is 30.9. The zero-order valence-electron chi connectivity index (χ0n) is 5.18. The molecule has 0 aromatic carbocycles. The number of carbonyl (C=O) groups is 1. The van der Waals surface area contributed by atoms with Gasteiger partial charge in [0.2, 0.25) is 0 Å². The zero-order valence-corrected chi connectivity index (χ0v) is 8.02. The summed E-state index contributed by atoms with van der Waals surface area (Å²) in [5.74, 6) is -0.231. The summed E-state index contributed by atoms with van der Waals surface area (Å²) >= 11 is 0. The van der Waals surface area contributed by atoms with Gasteiger partial charge in [0.25, 0.3) is 0 Å². The molecule has 0 aliphatic carbocycles. The third kappa shape index (κ3) is 32.6. The standard InChI is InChI=1S/C4H5O.C2H5.Y/c1-3-4(2)5;1-2;/h3H,1-2H2;1H2,2H3;/q2*-1;. The molecule has 0 N–H and O–H groups in total. The van der Waals surface area contributed by atoms with Crippen molar-refractivity contribution in [2.75, 3.05) is 0 Å². The van der Waals surface area contributed by atoms with Gasteiger partial charge in [-0.15, -0.1) is 0 Å². The first kappa shape index (κ1) is 15.8. The van der Waals surface area contributed by atoms with Crippen molar-refractivity contribution in [3.63, 3.8) is 0 Å². The molecule has 0 spiro atoms. The van der Waals surface area contributed by atoms with Crippen LogP contribution in [0.2, 0.25) is 0 Å². The third-order valence-electron chi connectivity index (χ3n) is 0.228. The Balaban J connectivity index is -0.0000000750. The minimum Gasteiger partial charge on any atom is -0.346 e. The largest absolute Gasteiger partial charge is 0.346 e. The molecule has 2 heteroatoms. The van der Waals surface area contributed by atoms with Crippen molar-refractivity contribution < 1.29 is 37.5 Å². The van der Waals surface area contributed by atoms with Crippen molar-refractivity contribution >= 4 is 5.78 Å². The van der Waals surface area contributed by atoms with Crippen LogP contribution in [-0.2, 0) is 37.5 Å². The number of hydrogen-bond donors (Lipinski definition) is 0. The van der Waals surface area contributed by atoms with Gasteiger partial charge in [0.15, 0.2) is 0 Å². The molecule has 0 atom stereocenters. The third-order valence-corrected chi connectivity index (χ3v) is 0.228. The molecule has 0 heterocycles. The van der Waals surface area contributed by atoms with Crippen LogP contribution >= 0.6 is 0 Å². The summed E-state index contributed by atoms with van der Waals surface area (Å²) in [6.07, 6.45) is 1.17. The molecular formula is C6H10OY-2. The van der Waals surface area contributed by atoms with Crippen molar-refractivity contribution in [2.24, 2.45) is 0 Å². The van der Waals surface area contributed by atoms with Gasteiger partial charge in [-0.3, -0.25) is 0 Å². The predicted molar refractivity (Wildman–Crippen MR) is 31.6 cm³/mol. The van der Waals surface area contributed by atoms with E-state index in [9.17, 15) is 4.79 Å². The van der Waals surface area contributed by atoms with Crippen molar-refractivity contribution in [2.45, 2.75) is 6.92 Å². The molecule has 0 aromatic heterocycles. The van der Waals surface area contributed by atoms with E-state index in [0.717, 1.165) is 0 Å². The fourth-order valence-corrected chi connectivity index (χ4v) is 0. The smallest absolute Gasteiger partial charge is 0.0142 e. The van der Waals surface area contributed by atoms with E-state index in [-0.39, 0.29) is 38.5 Å². The van der Waals surface area contributed by atoms with Gasteiger partial charge in [-0.2, -0.15) is 26.5 Å². The zero-order chi connectivity index (χ0) is 6.28. The normalized spacial score (nSPS) is 4.75. The molecular weight excluding hydrogens is 177 g/mol. The van der Waals surface area contributed by atoms with Gasteiger partial charge in [0, 0.05) is 38.5 Å². The molecule has 0 aliphatic rings. The van der Waals surface area contributed by atoms with Crippen LogP contribution in [0.25, 0.3) is 0 Å². The summed E-state index contributed by atoms with van der Waals surface area (Å²) < 4.78 is 0. The first-order valence-electron chi connectivity index (χ1n) is 1.96. The van der Waals surface area contributed by atoms with Gasteiger partial charge in [-0.05, 0) is 0 Å². The second-order valence-electron chi connectivity index (χ2n) is 0.670. The Morgan fingerprint density at radius 2 is 1.75 bits per heavy atom. The molecule has 0 saturated carbocycles. The molecule has 0 aromatic rings. The van der Waals surface area contributed by atoms with Crippen molar-refractivity contribution in [3.8, 4) is 0 Å². The Labute approximate surface area is 76.4 Å². The van der Waals surface area contributed by atoms with Crippen LogP contribution < -0.4 is 0 Å². The second kappa shape index (κ2) is 15.7. The van der Waals surface area contributed by atoms with E-state index >= 15 is 0 Å². The molecule has 0 fully saturated rings. The van der Waals surface area contributed by atoms with Crippen LogP contribution in [0.1, 0.15) is 6.92 Å². The maximum atomic E-state index is 9.58. The van der Waals surface area contributed by atoms with Gasteiger partial charge < -0.3 is 11.7 Å². The number of rotatable bonds is 1. The quantitative estimate of drug-likeness (QED) is 0.448. The number of carbonyl (C=O) groups excluding carboxylic acids is 1. The van der Waals surface area contributed by atoms with E-state index < -0.39 is 0 Å². The van der Waals surface area contributed by atoms with Gasteiger partial charge in [0.05, 0.1) is 0 Å². The molecule has 0 saturated heterocycles. The van der Waals surface area contributed by atoms with E-state index in [2.05, 4.69) is 20.4 Å². The monoisotopic (exact) mass is 187 g/mol. The number of allylic oxidation sites excluding steroid dienone is 1. The summed E-state index contributed by atoms with van der Waals surface area (Å²) in [4.78, 5) is 9.58. The molecule has 8 heavy (non-hydrogen) atoms. The SMILES string of the molecule is C=CC([CH2-])=O.[CH2-]C.[Y]. The van der Waals surface area contributed by atoms with Crippen LogP contribution in [-0.4, -0.2) is 5.78 Å². The summed E-state index contributed by atoms with van der Waals surface area (Å²) in [6.45, 7) is 11.1. The fraction of sp³-hybridized carbons (Fsp3) is 0.167.